The van der Waals surface area contributed by atoms with E-state index in [1.54, 1.807) is 17.4 Å². The van der Waals surface area contributed by atoms with Crippen molar-refractivity contribution < 1.29 is 14.3 Å². The van der Waals surface area contributed by atoms with E-state index in [2.05, 4.69) is 29.3 Å². The highest BCUT2D eigenvalue weighted by Gasteiger charge is 2.25. The number of rotatable bonds is 7. The molecule has 158 valence electrons. The van der Waals surface area contributed by atoms with Crippen LogP contribution in [-0.2, 0) is 4.79 Å². The number of thioether (sulfide) groups is 1. The lowest BCUT2D eigenvalue weighted by atomic mass is 10.1. The first-order valence-electron chi connectivity index (χ1n) is 9.71. The molecule has 2 aromatic carbocycles. The maximum atomic E-state index is 11.7. The van der Waals surface area contributed by atoms with Crippen LogP contribution in [0.3, 0.4) is 0 Å². The van der Waals surface area contributed by atoms with Crippen molar-refractivity contribution >= 4 is 44.7 Å². The molecule has 1 amide bonds. The molecule has 0 atom stereocenters. The van der Waals surface area contributed by atoms with Crippen LogP contribution in [0.4, 0.5) is 9.93 Å². The minimum absolute atomic E-state index is 0.263. The topological polar surface area (TPSA) is 71.5 Å². The predicted molar refractivity (Wildman–Crippen MR) is 127 cm³/mol. The number of amides is 1. The second kappa shape index (κ2) is 9.36. The number of nitrogens with zero attached hydrogens (tertiary/aromatic N) is 2. The van der Waals surface area contributed by atoms with E-state index in [-0.39, 0.29) is 10.4 Å². The van der Waals surface area contributed by atoms with E-state index in [4.69, 9.17) is 9.72 Å². The molecule has 1 saturated heterocycles. The minimum atomic E-state index is -0.341. The van der Waals surface area contributed by atoms with Crippen LogP contribution in [-0.4, -0.2) is 35.5 Å². The maximum absolute atomic E-state index is 11.7. The molecule has 0 saturated carbocycles. The van der Waals surface area contributed by atoms with Crippen LogP contribution in [0.15, 0.2) is 60.3 Å². The summed E-state index contributed by atoms with van der Waals surface area (Å²) in [6.07, 6.45) is 1.66. The molecule has 1 fully saturated rings. The minimum Gasteiger partial charge on any atom is -0.492 e. The number of carbonyl (C=O) groups excluding carboxylic acids is 2. The summed E-state index contributed by atoms with van der Waals surface area (Å²) in [7, 11) is 2.01. The first-order valence-corrected chi connectivity index (χ1v) is 11.3. The zero-order valence-electron chi connectivity index (χ0n) is 17.1. The average molecular weight is 452 g/mol. The Labute approximate surface area is 188 Å². The summed E-state index contributed by atoms with van der Waals surface area (Å²) in [5.74, 6) is 0.743. The fourth-order valence-electron chi connectivity index (χ4n) is 3.05. The molecule has 31 heavy (non-hydrogen) atoms. The van der Waals surface area contributed by atoms with Crippen LogP contribution in [0.25, 0.3) is 17.3 Å². The Balaban J connectivity index is 1.32. The second-order valence-corrected chi connectivity index (χ2v) is 9.09. The number of hydrogen-bond acceptors (Lipinski definition) is 7. The van der Waals surface area contributed by atoms with Crippen molar-refractivity contribution in [2.24, 2.45) is 0 Å². The van der Waals surface area contributed by atoms with Crippen LogP contribution >= 0.6 is 23.1 Å². The highest BCUT2D eigenvalue weighted by Crippen LogP contribution is 2.31. The Morgan fingerprint density at radius 3 is 2.52 bits per heavy atom. The molecular weight excluding hydrogens is 430 g/mol. The molecule has 1 N–H and O–H groups in total. The van der Waals surface area contributed by atoms with Gasteiger partial charge in [-0.3, -0.25) is 9.59 Å². The van der Waals surface area contributed by atoms with E-state index in [1.807, 2.05) is 49.5 Å². The number of likely N-dealkylation sites (N-methyl/N-ethyl adjacent to an activating group) is 1. The Morgan fingerprint density at radius 1 is 1.10 bits per heavy atom. The van der Waals surface area contributed by atoms with Crippen molar-refractivity contribution in [3.8, 4) is 17.0 Å². The van der Waals surface area contributed by atoms with Gasteiger partial charge in [-0.15, -0.1) is 11.3 Å². The molecule has 0 spiro atoms. The van der Waals surface area contributed by atoms with Crippen LogP contribution in [0.5, 0.6) is 5.75 Å². The molecule has 1 aliphatic rings. The predicted octanol–water partition coefficient (Wildman–Crippen LogP) is 4.96. The van der Waals surface area contributed by atoms with Crippen LogP contribution in [0.1, 0.15) is 10.4 Å². The van der Waals surface area contributed by atoms with E-state index in [9.17, 15) is 9.59 Å². The Hall–Kier alpha value is -3.10. The molecule has 3 aromatic rings. The lowest BCUT2D eigenvalue weighted by molar-refractivity contribution is -0.107. The number of thiazole rings is 1. The monoisotopic (exact) mass is 451 g/mol. The third kappa shape index (κ3) is 5.15. The number of hydrogen-bond donors (Lipinski definition) is 1. The average Bonchev–Trinajstić information content (AvgIpc) is 3.31. The zero-order valence-corrected chi connectivity index (χ0v) is 18.8. The fourth-order valence-corrected chi connectivity index (χ4v) is 4.52. The van der Waals surface area contributed by atoms with Crippen molar-refractivity contribution in [3.63, 3.8) is 0 Å². The van der Waals surface area contributed by atoms with Crippen molar-refractivity contribution in [2.75, 3.05) is 25.1 Å². The van der Waals surface area contributed by atoms with Crippen molar-refractivity contribution in [1.29, 1.82) is 0 Å². The number of ether oxygens (including phenoxy) is 1. The Bertz CT molecular complexity index is 1120. The number of carbonyl (C=O) groups is 2. The first kappa shape index (κ1) is 21.1. The van der Waals surface area contributed by atoms with Crippen LogP contribution in [0, 0.1) is 6.92 Å². The molecule has 4 rings (SSSR count). The van der Waals surface area contributed by atoms with Gasteiger partial charge in [0.05, 0.1) is 17.9 Å². The normalized spacial score (nSPS) is 14.7. The van der Waals surface area contributed by atoms with Gasteiger partial charge >= 0.3 is 0 Å². The highest BCUT2D eigenvalue weighted by atomic mass is 32.2. The van der Waals surface area contributed by atoms with Gasteiger partial charge in [-0.2, -0.15) is 0 Å². The van der Waals surface area contributed by atoms with Gasteiger partial charge in [-0.25, -0.2) is 4.98 Å². The Kier molecular flexibility index (Phi) is 6.39. The third-order valence-corrected chi connectivity index (χ3v) is 6.47. The molecule has 0 unspecified atom stereocenters. The molecular formula is C23H21N3O3S2. The van der Waals surface area contributed by atoms with Gasteiger partial charge in [0.25, 0.3) is 5.24 Å². The number of nitrogens with one attached hydrogen (secondary N) is 1. The summed E-state index contributed by atoms with van der Waals surface area (Å²) < 4.78 is 5.86. The molecule has 0 radical (unpaired) electrons. The van der Waals surface area contributed by atoms with Crippen molar-refractivity contribution in [1.82, 2.24) is 10.3 Å². The second-order valence-electron chi connectivity index (χ2n) is 6.97. The fraction of sp³-hybridized carbons (Fsp3) is 0.174. The van der Waals surface area contributed by atoms with E-state index >= 15 is 0 Å². The largest absolute Gasteiger partial charge is 0.492 e. The highest BCUT2D eigenvalue weighted by molar-refractivity contribution is 8.27. The molecule has 6 nitrogen and oxygen atoms in total. The standard InChI is InChI=1S/C23H21N3O3S2/c1-15-20(17-6-4-3-5-7-17)25-22(30-15)26(2)12-13-29-18-10-8-16(9-11-18)14-19-21(27)31-23(28)24-19/h3-11,14H,12-13H2,1-2H3,(H,24,28). The molecule has 2 heterocycles. The molecule has 8 heteroatoms. The number of aryl methyl sites for hydroxylation is 1. The van der Waals surface area contributed by atoms with E-state index < -0.39 is 0 Å². The van der Waals surface area contributed by atoms with Crippen molar-refractivity contribution in [3.05, 3.63) is 70.7 Å². The van der Waals surface area contributed by atoms with Gasteiger partial charge in [-0.1, -0.05) is 42.5 Å². The van der Waals surface area contributed by atoms with Gasteiger partial charge in [0.2, 0.25) is 5.12 Å². The van der Waals surface area contributed by atoms with Crippen molar-refractivity contribution in [2.45, 2.75) is 6.92 Å². The summed E-state index contributed by atoms with van der Waals surface area (Å²) >= 11 is 2.35. The van der Waals surface area contributed by atoms with Gasteiger partial charge in [0.1, 0.15) is 12.4 Å². The van der Waals surface area contributed by atoms with Crippen LogP contribution < -0.4 is 15.0 Å². The van der Waals surface area contributed by atoms with E-state index in [0.29, 0.717) is 30.6 Å². The summed E-state index contributed by atoms with van der Waals surface area (Å²) in [4.78, 5) is 31.0. The molecule has 1 aliphatic heterocycles. The smallest absolute Gasteiger partial charge is 0.291 e. The SMILES string of the molecule is Cc1sc(N(C)CCOc2ccc(C=C3NC(=O)SC3=O)cc2)nc1-c1ccccc1. The summed E-state index contributed by atoms with van der Waals surface area (Å²) in [6, 6.07) is 17.6. The molecule has 1 aromatic heterocycles. The van der Waals surface area contributed by atoms with E-state index in [1.165, 1.54) is 4.88 Å². The summed E-state index contributed by atoms with van der Waals surface area (Å²) in [5.41, 5.74) is 3.27. The molecule has 0 bridgehead atoms. The van der Waals surface area contributed by atoms with E-state index in [0.717, 1.165) is 27.7 Å². The number of anilines is 1. The van der Waals surface area contributed by atoms with Gasteiger partial charge in [0.15, 0.2) is 5.13 Å². The zero-order chi connectivity index (χ0) is 21.8. The first-order chi connectivity index (χ1) is 15.0. The van der Waals surface area contributed by atoms with Crippen LogP contribution in [0.2, 0.25) is 0 Å². The Morgan fingerprint density at radius 2 is 1.84 bits per heavy atom. The number of benzene rings is 2. The lowest BCUT2D eigenvalue weighted by Crippen LogP contribution is -2.23. The summed E-state index contributed by atoms with van der Waals surface area (Å²) in [6.45, 7) is 3.31. The number of aromatic nitrogens is 1. The third-order valence-electron chi connectivity index (χ3n) is 4.69. The van der Waals surface area contributed by atoms with Gasteiger partial charge in [-0.05, 0) is 30.7 Å². The van der Waals surface area contributed by atoms with Gasteiger partial charge in [0, 0.05) is 29.3 Å². The maximum Gasteiger partial charge on any atom is 0.291 e. The van der Waals surface area contributed by atoms with Gasteiger partial charge < -0.3 is 15.0 Å². The summed E-state index contributed by atoms with van der Waals surface area (Å²) in [5, 5.41) is 2.90. The quantitative estimate of drug-likeness (QED) is 0.512. The lowest BCUT2D eigenvalue weighted by Gasteiger charge is -2.16. The molecule has 0 aliphatic carbocycles.